The first-order valence-electron chi connectivity index (χ1n) is 6.49. The van der Waals surface area contributed by atoms with Gasteiger partial charge in [-0.2, -0.15) is 13.2 Å². The lowest BCUT2D eigenvalue weighted by Crippen LogP contribution is -2.17. The van der Waals surface area contributed by atoms with E-state index in [4.69, 9.17) is 10.5 Å². The van der Waals surface area contributed by atoms with Crippen LogP contribution in [0, 0.1) is 0 Å². The molecule has 0 heterocycles. The number of nitrogen functional groups attached to an aromatic ring is 1. The zero-order valence-corrected chi connectivity index (χ0v) is 11.9. The second-order valence-corrected chi connectivity index (χ2v) is 4.73. The van der Waals surface area contributed by atoms with Crippen LogP contribution in [0.4, 0.5) is 32.0 Å². The first-order chi connectivity index (χ1) is 11.0. The molecule has 0 spiro atoms. The highest BCUT2D eigenvalue weighted by molar-refractivity contribution is 5.52. The van der Waals surface area contributed by atoms with Crippen molar-refractivity contribution in [2.45, 2.75) is 19.1 Å². The molecule has 0 aliphatic rings. The monoisotopic (exact) mass is 351 g/mol. The Morgan fingerprint density at radius 1 is 0.833 bits per heavy atom. The fraction of sp³-hybridized carbons (Fsp3) is 0.200. The molecule has 0 saturated heterocycles. The highest BCUT2D eigenvalue weighted by Gasteiger charge is 2.33. The maximum absolute atomic E-state index is 12.7. The van der Waals surface area contributed by atoms with E-state index >= 15 is 0 Å². The Labute approximate surface area is 132 Å². The molecule has 2 N–H and O–H groups in total. The Morgan fingerprint density at radius 2 is 1.42 bits per heavy atom. The summed E-state index contributed by atoms with van der Waals surface area (Å²) < 4.78 is 83.2. The van der Waals surface area contributed by atoms with Crippen molar-refractivity contribution in [1.29, 1.82) is 0 Å². The van der Waals surface area contributed by atoms with Gasteiger partial charge < -0.3 is 15.2 Å². The van der Waals surface area contributed by atoms with E-state index in [0.29, 0.717) is 5.56 Å². The number of hydrogen-bond donors (Lipinski definition) is 1. The molecular formula is C15H11F6NO2. The van der Waals surface area contributed by atoms with Crippen molar-refractivity contribution in [3.8, 4) is 11.5 Å². The maximum Gasteiger partial charge on any atom is 0.573 e. The second kappa shape index (κ2) is 6.50. The fourth-order valence-electron chi connectivity index (χ4n) is 1.82. The molecule has 9 heteroatoms. The number of nitrogens with two attached hydrogens (primary N) is 1. The van der Waals surface area contributed by atoms with E-state index in [1.54, 1.807) is 0 Å². The SMILES string of the molecule is Nc1ccc(OCc2ccc(OC(F)(F)F)cc2)cc1C(F)(F)F. The summed E-state index contributed by atoms with van der Waals surface area (Å²) in [6.45, 7) is -0.131. The summed E-state index contributed by atoms with van der Waals surface area (Å²) in [5, 5.41) is 0. The Kier molecular flexibility index (Phi) is 4.81. The molecular weight excluding hydrogens is 340 g/mol. The van der Waals surface area contributed by atoms with E-state index in [2.05, 4.69) is 4.74 Å². The van der Waals surface area contributed by atoms with Gasteiger partial charge in [0, 0.05) is 5.69 Å². The molecule has 0 saturated carbocycles. The molecule has 0 aliphatic carbocycles. The molecule has 2 rings (SSSR count). The van der Waals surface area contributed by atoms with Gasteiger partial charge in [-0.25, -0.2) is 0 Å². The summed E-state index contributed by atoms with van der Waals surface area (Å²) in [5.74, 6) is -0.467. The van der Waals surface area contributed by atoms with Crippen molar-refractivity contribution in [3.05, 3.63) is 53.6 Å². The van der Waals surface area contributed by atoms with E-state index in [1.807, 2.05) is 0 Å². The molecule has 0 atom stereocenters. The molecule has 130 valence electrons. The number of rotatable bonds is 4. The first-order valence-corrected chi connectivity index (χ1v) is 6.49. The van der Waals surface area contributed by atoms with Gasteiger partial charge in [0.2, 0.25) is 0 Å². The molecule has 0 aliphatic heterocycles. The smallest absolute Gasteiger partial charge is 0.489 e. The van der Waals surface area contributed by atoms with Crippen molar-refractivity contribution in [2.24, 2.45) is 0 Å². The predicted molar refractivity (Wildman–Crippen MR) is 73.3 cm³/mol. The summed E-state index contributed by atoms with van der Waals surface area (Å²) in [4.78, 5) is 0. The Hall–Kier alpha value is -2.58. The second-order valence-electron chi connectivity index (χ2n) is 4.73. The third-order valence-corrected chi connectivity index (χ3v) is 2.89. The van der Waals surface area contributed by atoms with Gasteiger partial charge in [-0.15, -0.1) is 13.2 Å². The van der Waals surface area contributed by atoms with Gasteiger partial charge in [0.15, 0.2) is 0 Å². The van der Waals surface area contributed by atoms with Crippen LogP contribution in [0.2, 0.25) is 0 Å². The lowest BCUT2D eigenvalue weighted by atomic mass is 10.1. The number of anilines is 1. The zero-order chi connectivity index (χ0) is 18.0. The van der Waals surface area contributed by atoms with Crippen LogP contribution in [0.25, 0.3) is 0 Å². The predicted octanol–water partition coefficient (Wildman–Crippen LogP) is 4.77. The Morgan fingerprint density at radius 3 is 1.96 bits per heavy atom. The standard InChI is InChI=1S/C15H11F6NO2/c16-14(17,18)12-7-11(5-6-13(12)22)23-8-9-1-3-10(4-2-9)24-15(19,20)21/h1-7H,8,22H2. The normalized spacial score (nSPS) is 12.1. The van der Waals surface area contributed by atoms with Crippen LogP contribution in [0.15, 0.2) is 42.5 Å². The maximum atomic E-state index is 12.7. The van der Waals surface area contributed by atoms with Crippen LogP contribution in [0.3, 0.4) is 0 Å². The summed E-state index contributed by atoms with van der Waals surface area (Å²) in [7, 11) is 0. The molecule has 0 aromatic heterocycles. The summed E-state index contributed by atoms with van der Waals surface area (Å²) >= 11 is 0. The van der Waals surface area contributed by atoms with Gasteiger partial charge >= 0.3 is 12.5 Å². The Bertz CT molecular complexity index is 695. The molecule has 0 unspecified atom stereocenters. The van der Waals surface area contributed by atoms with Crippen molar-refractivity contribution >= 4 is 5.69 Å². The molecule has 2 aromatic carbocycles. The molecule has 0 fully saturated rings. The minimum atomic E-state index is -4.80. The van der Waals surface area contributed by atoms with Crippen LogP contribution in [-0.4, -0.2) is 6.36 Å². The number of hydrogen-bond acceptors (Lipinski definition) is 3. The molecule has 0 radical (unpaired) electrons. The topological polar surface area (TPSA) is 44.5 Å². The third kappa shape index (κ3) is 4.97. The van der Waals surface area contributed by atoms with Crippen LogP contribution >= 0.6 is 0 Å². The molecule has 3 nitrogen and oxygen atoms in total. The van der Waals surface area contributed by atoms with Gasteiger partial charge in [0.25, 0.3) is 0 Å². The number of halogens is 6. The largest absolute Gasteiger partial charge is 0.573 e. The number of benzene rings is 2. The van der Waals surface area contributed by atoms with E-state index in [0.717, 1.165) is 24.3 Å². The summed E-state index contributed by atoms with van der Waals surface area (Å²) in [5.41, 5.74) is 4.28. The summed E-state index contributed by atoms with van der Waals surface area (Å²) in [6.07, 6.45) is -9.41. The van der Waals surface area contributed by atoms with Crippen molar-refractivity contribution in [3.63, 3.8) is 0 Å². The lowest BCUT2D eigenvalue weighted by molar-refractivity contribution is -0.274. The van der Waals surface area contributed by atoms with Crippen LogP contribution in [0.1, 0.15) is 11.1 Å². The lowest BCUT2D eigenvalue weighted by Gasteiger charge is -2.13. The highest BCUT2D eigenvalue weighted by Crippen LogP contribution is 2.35. The molecule has 2 aromatic rings. The molecule has 0 amide bonds. The van der Waals surface area contributed by atoms with Gasteiger partial charge in [-0.1, -0.05) is 12.1 Å². The van der Waals surface area contributed by atoms with E-state index in [1.165, 1.54) is 18.2 Å². The molecule has 0 bridgehead atoms. The van der Waals surface area contributed by atoms with E-state index in [9.17, 15) is 26.3 Å². The summed E-state index contributed by atoms with van der Waals surface area (Å²) in [6, 6.07) is 7.87. The fourth-order valence-corrected chi connectivity index (χ4v) is 1.82. The minimum Gasteiger partial charge on any atom is -0.489 e. The zero-order valence-electron chi connectivity index (χ0n) is 11.9. The van der Waals surface area contributed by atoms with Crippen molar-refractivity contribution in [1.82, 2.24) is 0 Å². The van der Waals surface area contributed by atoms with Crippen LogP contribution in [0.5, 0.6) is 11.5 Å². The van der Waals surface area contributed by atoms with Gasteiger partial charge in [0.05, 0.1) is 5.56 Å². The van der Waals surface area contributed by atoms with E-state index < -0.39 is 29.5 Å². The first kappa shape index (κ1) is 17.8. The minimum absolute atomic E-state index is 0.0628. The van der Waals surface area contributed by atoms with Crippen LogP contribution in [-0.2, 0) is 12.8 Å². The number of alkyl halides is 6. The quantitative estimate of drug-likeness (QED) is 0.638. The van der Waals surface area contributed by atoms with Crippen LogP contribution < -0.4 is 15.2 Å². The van der Waals surface area contributed by atoms with E-state index in [-0.39, 0.29) is 12.4 Å². The van der Waals surface area contributed by atoms with Gasteiger partial charge in [0.1, 0.15) is 18.1 Å². The highest BCUT2D eigenvalue weighted by atomic mass is 19.4. The van der Waals surface area contributed by atoms with Crippen molar-refractivity contribution in [2.75, 3.05) is 5.73 Å². The molecule has 24 heavy (non-hydrogen) atoms. The average molecular weight is 351 g/mol. The Balaban J connectivity index is 2.03. The third-order valence-electron chi connectivity index (χ3n) is 2.89. The van der Waals surface area contributed by atoms with Crippen molar-refractivity contribution < 1.29 is 35.8 Å². The van der Waals surface area contributed by atoms with Gasteiger partial charge in [-0.3, -0.25) is 0 Å². The number of ether oxygens (including phenoxy) is 2. The average Bonchev–Trinajstić information content (AvgIpc) is 2.45. The van der Waals surface area contributed by atoms with Gasteiger partial charge in [-0.05, 0) is 35.9 Å².